The van der Waals surface area contributed by atoms with Crippen molar-refractivity contribution in [1.82, 2.24) is 14.5 Å². The molecule has 38 heavy (non-hydrogen) atoms. The number of nitrogens with zero attached hydrogens (tertiary/aromatic N) is 4. The SMILES string of the molecule is Cc1ccc(NC(=O)c2cc(-c3cnc(N4CCCC4)nc3)cn2CC2CC2)c(F)c1.O=C(O)C(F)(F)F. The molecule has 0 unspecified atom stereocenters. The highest BCUT2D eigenvalue weighted by Crippen LogP contribution is 2.33. The molecule has 0 atom stereocenters. The van der Waals surface area contributed by atoms with Gasteiger partial charge >= 0.3 is 12.1 Å². The van der Waals surface area contributed by atoms with Crippen molar-refractivity contribution < 1.29 is 32.3 Å². The maximum atomic E-state index is 14.2. The second-order valence-electron chi connectivity index (χ2n) is 9.42. The van der Waals surface area contributed by atoms with Crippen molar-refractivity contribution in [2.45, 2.75) is 45.3 Å². The molecule has 202 valence electrons. The first-order chi connectivity index (χ1) is 18.0. The van der Waals surface area contributed by atoms with Crippen LogP contribution in [-0.2, 0) is 11.3 Å². The van der Waals surface area contributed by atoms with E-state index in [9.17, 15) is 22.4 Å². The van der Waals surface area contributed by atoms with Gasteiger partial charge in [-0.15, -0.1) is 0 Å². The minimum Gasteiger partial charge on any atom is -0.475 e. The zero-order valence-corrected chi connectivity index (χ0v) is 20.6. The lowest BCUT2D eigenvalue weighted by molar-refractivity contribution is -0.192. The van der Waals surface area contributed by atoms with Crippen LogP contribution >= 0.6 is 0 Å². The number of rotatable bonds is 6. The molecule has 2 N–H and O–H groups in total. The molecule has 0 radical (unpaired) electrons. The fourth-order valence-electron chi connectivity index (χ4n) is 4.05. The number of aryl methyl sites for hydroxylation is 1. The summed E-state index contributed by atoms with van der Waals surface area (Å²) in [6.45, 7) is 4.60. The van der Waals surface area contributed by atoms with Gasteiger partial charge in [-0.3, -0.25) is 4.79 Å². The average Bonchev–Trinajstić information content (AvgIpc) is 3.33. The summed E-state index contributed by atoms with van der Waals surface area (Å²) < 4.78 is 48.0. The third-order valence-corrected chi connectivity index (χ3v) is 6.26. The predicted molar refractivity (Wildman–Crippen MR) is 132 cm³/mol. The third kappa shape index (κ3) is 6.87. The number of aromatic nitrogens is 3. The van der Waals surface area contributed by atoms with Gasteiger partial charge in [-0.1, -0.05) is 6.07 Å². The highest BCUT2D eigenvalue weighted by molar-refractivity contribution is 6.04. The number of hydrogen-bond acceptors (Lipinski definition) is 5. The summed E-state index contributed by atoms with van der Waals surface area (Å²) in [5.41, 5.74) is 3.28. The topological polar surface area (TPSA) is 100 Å². The van der Waals surface area contributed by atoms with Crippen LogP contribution in [0.2, 0.25) is 0 Å². The van der Waals surface area contributed by atoms with Gasteiger partial charge < -0.3 is 19.9 Å². The molecular formula is C26H27F4N5O3. The summed E-state index contributed by atoms with van der Waals surface area (Å²) in [5.74, 6) is -2.15. The fraction of sp³-hybridized carbons (Fsp3) is 0.385. The third-order valence-electron chi connectivity index (χ3n) is 6.26. The van der Waals surface area contributed by atoms with Gasteiger partial charge in [0.15, 0.2) is 0 Å². The Morgan fingerprint density at radius 1 is 1.08 bits per heavy atom. The van der Waals surface area contributed by atoms with E-state index >= 15 is 0 Å². The largest absolute Gasteiger partial charge is 0.490 e. The number of carbonyl (C=O) groups is 2. The maximum Gasteiger partial charge on any atom is 0.490 e. The molecule has 1 aliphatic carbocycles. The van der Waals surface area contributed by atoms with Crippen molar-refractivity contribution >= 4 is 23.5 Å². The summed E-state index contributed by atoms with van der Waals surface area (Å²) in [7, 11) is 0. The number of halogens is 4. The lowest BCUT2D eigenvalue weighted by Gasteiger charge is -2.14. The number of amides is 1. The molecule has 5 rings (SSSR count). The van der Waals surface area contributed by atoms with Crippen LogP contribution in [0.5, 0.6) is 0 Å². The Hall–Kier alpha value is -3.96. The van der Waals surface area contributed by atoms with E-state index in [1.807, 2.05) is 36.1 Å². The number of alkyl halides is 3. The molecule has 12 heteroatoms. The first kappa shape index (κ1) is 27.1. The minimum atomic E-state index is -5.08. The summed E-state index contributed by atoms with van der Waals surface area (Å²) in [6.07, 6.45) is 5.23. The lowest BCUT2D eigenvalue weighted by Crippen LogP contribution is -2.21. The average molecular weight is 534 g/mol. The van der Waals surface area contributed by atoms with Crippen molar-refractivity contribution in [2.24, 2.45) is 5.92 Å². The van der Waals surface area contributed by atoms with E-state index in [-0.39, 0.29) is 11.6 Å². The Morgan fingerprint density at radius 3 is 2.26 bits per heavy atom. The molecule has 1 saturated carbocycles. The number of anilines is 2. The molecule has 1 aliphatic heterocycles. The Bertz CT molecular complexity index is 1300. The molecule has 0 bridgehead atoms. The van der Waals surface area contributed by atoms with E-state index in [0.29, 0.717) is 11.6 Å². The first-order valence-corrected chi connectivity index (χ1v) is 12.2. The standard InChI is InChI=1S/C24H26FN5O.C2HF3O2/c1-16-4-7-21(20(25)10-16)28-23(31)22-11-18(15-30(22)14-17-5-6-17)19-12-26-24(27-13-19)29-8-2-3-9-29;3-2(4,5)1(6)7/h4,7,10-13,15,17H,2-3,5-6,8-9,14H2,1H3,(H,28,31);(H,6,7). The van der Waals surface area contributed by atoms with Crippen molar-refractivity contribution in [1.29, 1.82) is 0 Å². The van der Waals surface area contributed by atoms with Crippen LogP contribution in [0.15, 0.2) is 42.9 Å². The van der Waals surface area contributed by atoms with Gasteiger partial charge in [-0.2, -0.15) is 13.2 Å². The minimum absolute atomic E-state index is 0.189. The lowest BCUT2D eigenvalue weighted by atomic mass is 10.2. The monoisotopic (exact) mass is 533 g/mol. The van der Waals surface area contributed by atoms with Crippen LogP contribution in [-0.4, -0.2) is 50.8 Å². The van der Waals surface area contributed by atoms with Crippen LogP contribution in [0, 0.1) is 18.7 Å². The van der Waals surface area contributed by atoms with Gasteiger partial charge in [0, 0.05) is 49.4 Å². The second-order valence-corrected chi connectivity index (χ2v) is 9.42. The van der Waals surface area contributed by atoms with E-state index in [2.05, 4.69) is 20.2 Å². The number of aliphatic carboxylic acids is 1. The smallest absolute Gasteiger partial charge is 0.475 e. The summed E-state index contributed by atoms with van der Waals surface area (Å²) in [6, 6.07) is 6.65. The van der Waals surface area contributed by atoms with E-state index in [0.717, 1.165) is 42.3 Å². The Labute approximate surface area is 216 Å². The first-order valence-electron chi connectivity index (χ1n) is 12.2. The van der Waals surface area contributed by atoms with Gasteiger partial charge in [0.25, 0.3) is 5.91 Å². The Balaban J connectivity index is 0.000000426. The van der Waals surface area contributed by atoms with Gasteiger partial charge in [0.2, 0.25) is 5.95 Å². The highest BCUT2D eigenvalue weighted by Gasteiger charge is 2.38. The van der Waals surface area contributed by atoms with Crippen LogP contribution in [0.25, 0.3) is 11.1 Å². The number of hydrogen-bond donors (Lipinski definition) is 2. The van der Waals surface area contributed by atoms with Crippen LogP contribution in [0.4, 0.5) is 29.2 Å². The number of benzene rings is 1. The zero-order chi connectivity index (χ0) is 27.4. The van der Waals surface area contributed by atoms with Crippen LogP contribution in [0.3, 0.4) is 0 Å². The molecule has 8 nitrogen and oxygen atoms in total. The number of nitrogens with one attached hydrogen (secondary N) is 1. The van der Waals surface area contributed by atoms with Gasteiger partial charge in [0.05, 0.1) is 5.69 Å². The van der Waals surface area contributed by atoms with Crippen molar-refractivity contribution in [3.63, 3.8) is 0 Å². The summed E-state index contributed by atoms with van der Waals surface area (Å²) in [4.78, 5) is 33.2. The van der Waals surface area contributed by atoms with Crippen molar-refractivity contribution in [2.75, 3.05) is 23.3 Å². The second kappa shape index (κ2) is 11.2. The molecule has 0 spiro atoms. The number of carboxylic acids is 1. The summed E-state index contributed by atoms with van der Waals surface area (Å²) in [5, 5.41) is 9.85. The quantitative estimate of drug-likeness (QED) is 0.418. The van der Waals surface area contributed by atoms with Crippen molar-refractivity contribution in [3.8, 4) is 11.1 Å². The summed E-state index contributed by atoms with van der Waals surface area (Å²) >= 11 is 0. The number of carbonyl (C=O) groups excluding carboxylic acids is 1. The molecule has 3 heterocycles. The van der Waals surface area contributed by atoms with E-state index in [4.69, 9.17) is 9.90 Å². The fourth-order valence-corrected chi connectivity index (χ4v) is 4.05. The predicted octanol–water partition coefficient (Wildman–Crippen LogP) is 5.29. The van der Waals surface area contributed by atoms with Gasteiger partial charge in [0.1, 0.15) is 11.5 Å². The van der Waals surface area contributed by atoms with E-state index < -0.39 is 18.0 Å². The molecule has 3 aromatic rings. The Morgan fingerprint density at radius 2 is 1.71 bits per heavy atom. The molecule has 1 amide bonds. The molecule has 2 fully saturated rings. The number of carboxylic acid groups (broad SMARTS) is 1. The van der Waals surface area contributed by atoms with Gasteiger partial charge in [-0.05, 0) is 62.3 Å². The van der Waals surface area contributed by atoms with Crippen LogP contribution < -0.4 is 10.2 Å². The molecule has 1 saturated heterocycles. The van der Waals surface area contributed by atoms with Crippen molar-refractivity contribution in [3.05, 3.63) is 59.9 Å². The van der Waals surface area contributed by atoms with Gasteiger partial charge in [-0.25, -0.2) is 19.2 Å². The molecule has 2 aromatic heterocycles. The van der Waals surface area contributed by atoms with E-state index in [1.54, 1.807) is 12.1 Å². The maximum absolute atomic E-state index is 14.2. The normalized spacial score (nSPS) is 15.1. The zero-order valence-electron chi connectivity index (χ0n) is 20.6. The molecule has 2 aliphatic rings. The highest BCUT2D eigenvalue weighted by atomic mass is 19.4. The molecular weight excluding hydrogens is 506 g/mol. The van der Waals surface area contributed by atoms with E-state index in [1.165, 1.54) is 31.7 Å². The molecule has 1 aromatic carbocycles. The Kier molecular flexibility index (Phi) is 7.98. The van der Waals surface area contributed by atoms with Crippen LogP contribution in [0.1, 0.15) is 41.7 Å².